The van der Waals surface area contributed by atoms with Gasteiger partial charge >= 0.3 is 0 Å². The quantitative estimate of drug-likeness (QED) is 0.472. The van der Waals surface area contributed by atoms with Gasteiger partial charge in [0, 0.05) is 62.0 Å². The number of fused-ring (bicyclic) bond motifs is 2. The van der Waals surface area contributed by atoms with Gasteiger partial charge in [-0.25, -0.2) is 0 Å². The van der Waals surface area contributed by atoms with Crippen LogP contribution in [-0.4, -0.2) is 67.3 Å². The third-order valence-corrected chi connectivity index (χ3v) is 12.1. The van der Waals surface area contributed by atoms with Crippen LogP contribution < -0.4 is 9.47 Å². The number of piperidine rings is 1. The predicted octanol–water partition coefficient (Wildman–Crippen LogP) is 4.97. The summed E-state index contributed by atoms with van der Waals surface area (Å²) in [6.45, 7) is 5.42. The summed E-state index contributed by atoms with van der Waals surface area (Å²) in [7, 11) is 3.66. The van der Waals surface area contributed by atoms with Gasteiger partial charge < -0.3 is 19.1 Å². The van der Waals surface area contributed by atoms with Crippen molar-refractivity contribution in [2.24, 2.45) is 17.3 Å². The van der Waals surface area contributed by atoms with Gasteiger partial charge in [0.25, 0.3) is 0 Å². The first-order chi connectivity index (χ1) is 19.5. The molecule has 4 bridgehead atoms. The van der Waals surface area contributed by atoms with Crippen molar-refractivity contribution < 1.29 is 19.0 Å². The maximum Gasteiger partial charge on any atom is 0.219 e. The Morgan fingerprint density at radius 2 is 1.93 bits per heavy atom. The zero-order valence-electron chi connectivity index (χ0n) is 24.2. The number of nitrogens with zero attached hydrogens (tertiary/aromatic N) is 2. The van der Waals surface area contributed by atoms with E-state index in [0.717, 1.165) is 56.1 Å². The van der Waals surface area contributed by atoms with Gasteiger partial charge in [-0.1, -0.05) is 36.4 Å². The molecule has 0 radical (unpaired) electrons. The second-order valence-electron chi connectivity index (χ2n) is 13.6. The van der Waals surface area contributed by atoms with Crippen molar-refractivity contribution in [1.29, 1.82) is 0 Å². The van der Waals surface area contributed by atoms with Crippen molar-refractivity contribution in [3.8, 4) is 11.5 Å². The average molecular weight is 543 g/mol. The Balaban J connectivity index is 1.25. The van der Waals surface area contributed by atoms with E-state index in [0.29, 0.717) is 19.1 Å². The standard InChI is InChI=1S/C34H42N2O4/c1-22(37)36(20-23-7-5-4-6-8-23)21-26-18-32-13-14-34(26,39-3)31-33(32)15-16-35(19-24-9-10-24)28(32)17-25-11-12-27(38-2)30(40-31)29(25)33/h4-8,11-12,24,26,28,31H,9-10,13-21H2,1-3H3. The lowest BCUT2D eigenvalue weighted by atomic mass is 9.34. The molecule has 5 fully saturated rings. The zero-order chi connectivity index (χ0) is 27.3. The normalized spacial score (nSPS) is 36.6. The molecule has 0 aromatic heterocycles. The van der Waals surface area contributed by atoms with Crippen molar-refractivity contribution in [2.75, 3.05) is 33.9 Å². The number of methoxy groups -OCH3 is 2. The lowest BCUT2D eigenvalue weighted by molar-refractivity contribution is -0.278. The van der Waals surface area contributed by atoms with Crippen LogP contribution in [0.3, 0.4) is 0 Å². The van der Waals surface area contributed by atoms with E-state index in [9.17, 15) is 4.79 Å². The Morgan fingerprint density at radius 3 is 2.65 bits per heavy atom. The first kappa shape index (κ1) is 25.2. The number of carbonyl (C=O) groups excluding carboxylic acids is 1. The average Bonchev–Trinajstić information content (AvgIpc) is 3.71. The number of rotatable bonds is 8. The Labute approximate surface area is 238 Å². The van der Waals surface area contributed by atoms with Crippen molar-refractivity contribution in [3.05, 3.63) is 59.2 Å². The summed E-state index contributed by atoms with van der Waals surface area (Å²) >= 11 is 0. The van der Waals surface area contributed by atoms with E-state index in [4.69, 9.17) is 14.2 Å². The van der Waals surface area contributed by atoms with E-state index in [1.165, 1.54) is 36.1 Å². The molecule has 2 heterocycles. The molecule has 6 unspecified atom stereocenters. The third kappa shape index (κ3) is 3.15. The van der Waals surface area contributed by atoms with Crippen molar-refractivity contribution in [3.63, 3.8) is 0 Å². The predicted molar refractivity (Wildman–Crippen MR) is 153 cm³/mol. The number of hydrogen-bond acceptors (Lipinski definition) is 5. The molecule has 2 aliphatic heterocycles. The number of likely N-dealkylation sites (tertiary alicyclic amines) is 1. The molecule has 40 heavy (non-hydrogen) atoms. The van der Waals surface area contributed by atoms with Gasteiger partial charge in [0.1, 0.15) is 11.7 Å². The Morgan fingerprint density at radius 1 is 1.10 bits per heavy atom. The van der Waals surface area contributed by atoms with Crippen LogP contribution in [0, 0.1) is 17.3 Å². The highest BCUT2D eigenvalue weighted by atomic mass is 16.6. The van der Waals surface area contributed by atoms with E-state index in [1.807, 2.05) is 13.2 Å². The summed E-state index contributed by atoms with van der Waals surface area (Å²) in [5.41, 5.74) is 3.69. The molecule has 2 spiro atoms. The largest absolute Gasteiger partial charge is 0.493 e. The molecule has 2 aromatic carbocycles. The molecule has 2 aromatic rings. The fraction of sp³-hybridized carbons (Fsp3) is 0.618. The second-order valence-corrected chi connectivity index (χ2v) is 13.6. The van der Waals surface area contributed by atoms with Crippen LogP contribution in [0.15, 0.2) is 42.5 Å². The summed E-state index contributed by atoms with van der Waals surface area (Å²) in [6, 6.07) is 15.3. The highest BCUT2D eigenvalue weighted by Gasteiger charge is 2.80. The molecule has 4 saturated carbocycles. The molecule has 9 rings (SSSR count). The fourth-order valence-corrected chi connectivity index (χ4v) is 10.3. The summed E-state index contributed by atoms with van der Waals surface area (Å²) in [4.78, 5) is 18.0. The number of hydrogen-bond donors (Lipinski definition) is 0. The number of amides is 1. The molecule has 212 valence electrons. The molecule has 1 saturated heterocycles. The van der Waals surface area contributed by atoms with Crippen LogP contribution in [0.5, 0.6) is 11.5 Å². The molecular formula is C34H42N2O4. The molecule has 6 atom stereocenters. The van der Waals surface area contributed by atoms with Gasteiger partial charge in [0.05, 0.1) is 7.11 Å². The lowest BCUT2D eigenvalue weighted by Crippen LogP contribution is -2.81. The van der Waals surface area contributed by atoms with Gasteiger partial charge in [0.15, 0.2) is 11.5 Å². The van der Waals surface area contributed by atoms with E-state index >= 15 is 0 Å². The topological polar surface area (TPSA) is 51.2 Å². The lowest BCUT2D eigenvalue weighted by Gasteiger charge is -2.74. The van der Waals surface area contributed by atoms with Crippen molar-refractivity contribution >= 4 is 5.91 Å². The minimum atomic E-state index is -0.437. The van der Waals surface area contributed by atoms with Crippen LogP contribution in [0.25, 0.3) is 0 Å². The first-order valence-electron chi connectivity index (χ1n) is 15.4. The summed E-state index contributed by atoms with van der Waals surface area (Å²) in [5, 5.41) is 0. The van der Waals surface area contributed by atoms with Gasteiger partial charge in [-0.3, -0.25) is 9.69 Å². The Kier molecular flexibility index (Phi) is 5.48. The van der Waals surface area contributed by atoms with E-state index in [-0.39, 0.29) is 28.8 Å². The zero-order valence-corrected chi connectivity index (χ0v) is 24.2. The Bertz CT molecular complexity index is 1340. The van der Waals surface area contributed by atoms with Crippen LogP contribution >= 0.6 is 0 Å². The van der Waals surface area contributed by atoms with Crippen LogP contribution in [0.4, 0.5) is 0 Å². The highest BCUT2D eigenvalue weighted by Crippen LogP contribution is 2.76. The summed E-state index contributed by atoms with van der Waals surface area (Å²) in [5.74, 6) is 3.03. The molecule has 6 heteroatoms. The first-order valence-corrected chi connectivity index (χ1v) is 15.4. The maximum atomic E-state index is 13.1. The van der Waals surface area contributed by atoms with Gasteiger partial charge in [0.2, 0.25) is 5.91 Å². The summed E-state index contributed by atoms with van der Waals surface area (Å²) in [6.07, 6.45) is 8.15. The molecule has 5 aliphatic carbocycles. The number of benzene rings is 2. The number of ether oxygens (including phenoxy) is 3. The highest BCUT2D eigenvalue weighted by molar-refractivity contribution is 5.73. The monoisotopic (exact) mass is 542 g/mol. The fourth-order valence-electron chi connectivity index (χ4n) is 10.3. The SMILES string of the molecule is COc1ccc2c3c1OC1C4(OC)CCC5(CC4CN(Cc4ccccc4)C(C)=O)C(C2)N(CC2CC2)CCC315. The van der Waals surface area contributed by atoms with Crippen LogP contribution in [-0.2, 0) is 27.9 Å². The van der Waals surface area contributed by atoms with Gasteiger partial charge in [-0.15, -0.1) is 0 Å². The van der Waals surface area contributed by atoms with Crippen LogP contribution in [0.2, 0.25) is 0 Å². The van der Waals surface area contributed by atoms with Gasteiger partial charge in [-0.2, -0.15) is 0 Å². The van der Waals surface area contributed by atoms with E-state index in [1.54, 1.807) is 14.0 Å². The smallest absolute Gasteiger partial charge is 0.219 e. The third-order valence-electron chi connectivity index (χ3n) is 12.1. The van der Waals surface area contributed by atoms with Crippen LogP contribution in [0.1, 0.15) is 62.1 Å². The van der Waals surface area contributed by atoms with Gasteiger partial charge in [-0.05, 0) is 74.6 Å². The molecule has 1 amide bonds. The molecule has 0 N–H and O–H groups in total. The second kappa shape index (κ2) is 8.72. The molecule has 7 aliphatic rings. The maximum absolute atomic E-state index is 13.1. The van der Waals surface area contributed by atoms with Crippen molar-refractivity contribution in [2.45, 2.75) is 81.6 Å². The van der Waals surface area contributed by atoms with Crippen molar-refractivity contribution in [1.82, 2.24) is 9.80 Å². The Hall–Kier alpha value is -2.57. The molecular weight excluding hydrogens is 500 g/mol. The number of carbonyl (C=O) groups is 1. The van der Waals surface area contributed by atoms with E-state index < -0.39 is 5.60 Å². The van der Waals surface area contributed by atoms with E-state index in [2.05, 4.69) is 46.2 Å². The minimum absolute atomic E-state index is 0.0551. The summed E-state index contributed by atoms with van der Waals surface area (Å²) < 4.78 is 19.8. The minimum Gasteiger partial charge on any atom is -0.493 e. The molecule has 6 nitrogen and oxygen atoms in total.